The maximum absolute atomic E-state index is 14.5. The number of aliphatic hydroxyl groups is 1. The zero-order chi connectivity index (χ0) is 23.3. The summed E-state index contributed by atoms with van der Waals surface area (Å²) in [5.41, 5.74) is -1.52. The van der Waals surface area contributed by atoms with Crippen LogP contribution in [0.5, 0.6) is 5.75 Å². The van der Waals surface area contributed by atoms with Crippen LogP contribution in [-0.4, -0.2) is 32.3 Å². The van der Waals surface area contributed by atoms with Crippen LogP contribution in [0.2, 0.25) is 0 Å². The zero-order valence-corrected chi connectivity index (χ0v) is 18.1. The van der Waals surface area contributed by atoms with Crippen molar-refractivity contribution < 1.29 is 23.4 Å². The van der Waals surface area contributed by atoms with Crippen molar-refractivity contribution in [1.29, 1.82) is 0 Å². The van der Waals surface area contributed by atoms with Crippen LogP contribution in [-0.2, 0) is 12.1 Å². The van der Waals surface area contributed by atoms with Gasteiger partial charge in [-0.25, -0.2) is 18.4 Å². The van der Waals surface area contributed by atoms with E-state index in [0.29, 0.717) is 17.4 Å². The Hall–Kier alpha value is -3.69. The third kappa shape index (κ3) is 5.57. The summed E-state index contributed by atoms with van der Waals surface area (Å²) in [6.45, 7) is -0.513. The van der Waals surface area contributed by atoms with Crippen molar-refractivity contribution in [1.82, 2.24) is 14.8 Å². The summed E-state index contributed by atoms with van der Waals surface area (Å²) in [4.78, 5) is 17.1. The summed E-state index contributed by atoms with van der Waals surface area (Å²) in [5.74, 6) is -1.45. The maximum atomic E-state index is 14.5. The summed E-state index contributed by atoms with van der Waals surface area (Å²) >= 11 is 1.53. The molecule has 2 aromatic heterocycles. The lowest BCUT2D eigenvalue weighted by molar-refractivity contribution is -0.0297. The average molecular weight is 467 g/mol. The highest BCUT2D eigenvalue weighted by Gasteiger charge is 2.34. The molecule has 1 N–H and O–H groups in total. The van der Waals surface area contributed by atoms with Crippen LogP contribution in [0.3, 0.4) is 0 Å². The number of hydrogen-bond acceptors (Lipinski definition) is 6. The lowest BCUT2D eigenvalue weighted by Crippen LogP contribution is -2.39. The minimum atomic E-state index is -1.86. The van der Waals surface area contributed by atoms with Gasteiger partial charge in [-0.1, -0.05) is 12.1 Å². The van der Waals surface area contributed by atoms with E-state index in [1.165, 1.54) is 40.8 Å². The Labute approximate surface area is 192 Å². The minimum Gasteiger partial charge on any atom is -0.490 e. The van der Waals surface area contributed by atoms with E-state index in [1.54, 1.807) is 30.3 Å². The van der Waals surface area contributed by atoms with E-state index in [9.17, 15) is 18.7 Å². The number of carbonyl (C=O) groups excluding carboxylic acids is 1. The maximum Gasteiger partial charge on any atom is 0.185 e. The molecule has 2 aromatic carbocycles. The second kappa shape index (κ2) is 9.85. The molecule has 0 aliphatic heterocycles. The molecule has 0 amide bonds. The highest BCUT2D eigenvalue weighted by atomic mass is 32.1. The van der Waals surface area contributed by atoms with Gasteiger partial charge in [0, 0.05) is 22.1 Å². The molecule has 1 unspecified atom stereocenters. The first-order valence-corrected chi connectivity index (χ1v) is 10.8. The van der Waals surface area contributed by atoms with E-state index >= 15 is 0 Å². The van der Waals surface area contributed by atoms with Gasteiger partial charge in [-0.2, -0.15) is 5.10 Å². The van der Waals surface area contributed by atoms with Gasteiger partial charge in [0.25, 0.3) is 0 Å². The lowest BCUT2D eigenvalue weighted by Gasteiger charge is -2.29. The number of halogens is 2. The highest BCUT2D eigenvalue weighted by Crippen LogP contribution is 2.28. The molecule has 4 aromatic rings. The van der Waals surface area contributed by atoms with Crippen molar-refractivity contribution in [2.75, 3.05) is 6.61 Å². The molecule has 1 atom stereocenters. The Balaban J connectivity index is 1.48. The number of aromatic nitrogens is 3. The molecule has 0 saturated carbocycles. The van der Waals surface area contributed by atoms with Crippen molar-refractivity contribution in [2.45, 2.75) is 12.1 Å². The van der Waals surface area contributed by atoms with Crippen molar-refractivity contribution in [3.63, 3.8) is 0 Å². The van der Waals surface area contributed by atoms with E-state index in [4.69, 9.17) is 4.74 Å². The van der Waals surface area contributed by atoms with Gasteiger partial charge in [-0.05, 0) is 53.9 Å². The molecule has 33 heavy (non-hydrogen) atoms. The van der Waals surface area contributed by atoms with Gasteiger partial charge >= 0.3 is 0 Å². The lowest BCUT2D eigenvalue weighted by atomic mass is 9.94. The number of thiophene rings is 1. The first-order valence-electron chi connectivity index (χ1n) is 9.92. The molecule has 0 spiro atoms. The molecule has 168 valence electrons. The van der Waals surface area contributed by atoms with Gasteiger partial charge in [0.2, 0.25) is 0 Å². The number of ether oxygens (including phenoxy) is 1. The molecule has 9 heteroatoms. The topological polar surface area (TPSA) is 77.2 Å². The van der Waals surface area contributed by atoms with Crippen LogP contribution < -0.4 is 4.74 Å². The Morgan fingerprint density at radius 3 is 2.67 bits per heavy atom. The number of nitrogens with zero attached hydrogens (tertiary/aromatic N) is 3. The SMILES string of the molecule is O=C(/C=C/c1cccs1)c1ccc(OCC(O)(Cn2cncn2)c2ccc(F)cc2F)cc1. The van der Waals surface area contributed by atoms with Crippen LogP contribution >= 0.6 is 11.3 Å². The number of carbonyl (C=O) groups is 1. The second-order valence-corrected chi connectivity index (χ2v) is 8.25. The summed E-state index contributed by atoms with van der Waals surface area (Å²) in [6, 6.07) is 13.1. The van der Waals surface area contributed by atoms with Gasteiger partial charge in [-0.3, -0.25) is 4.79 Å². The molecule has 0 fully saturated rings. The van der Waals surface area contributed by atoms with Crippen LogP contribution in [0, 0.1) is 11.6 Å². The molecule has 0 radical (unpaired) electrons. The minimum absolute atomic E-state index is 0.134. The number of allylic oxidation sites excluding steroid dienone is 1. The quantitative estimate of drug-likeness (QED) is 0.290. The number of hydrogen-bond donors (Lipinski definition) is 1. The molecule has 0 bridgehead atoms. The summed E-state index contributed by atoms with van der Waals surface area (Å²) in [7, 11) is 0. The van der Waals surface area contributed by atoms with Crippen LogP contribution in [0.1, 0.15) is 20.8 Å². The zero-order valence-electron chi connectivity index (χ0n) is 17.3. The van der Waals surface area contributed by atoms with Crippen molar-refractivity contribution in [3.05, 3.63) is 106 Å². The molecule has 4 rings (SSSR count). The smallest absolute Gasteiger partial charge is 0.185 e. The van der Waals surface area contributed by atoms with Crippen LogP contribution in [0.25, 0.3) is 6.08 Å². The van der Waals surface area contributed by atoms with E-state index in [-0.39, 0.29) is 24.5 Å². The fourth-order valence-corrected chi connectivity index (χ4v) is 3.83. The Morgan fingerprint density at radius 2 is 2.00 bits per heavy atom. The Morgan fingerprint density at radius 1 is 1.18 bits per heavy atom. The number of benzene rings is 2. The number of rotatable bonds is 9. The standard InChI is InChI=1S/C24H19F2N3O3S/c25-18-5-9-21(22(26)12-18)24(31,13-29-16-27-15-28-29)14-32-19-6-3-17(4-7-19)23(30)10-8-20-2-1-11-33-20/h1-12,15-16,31H,13-14H2/b10-8+. The predicted octanol–water partition coefficient (Wildman–Crippen LogP) is 4.48. The number of ketones is 1. The summed E-state index contributed by atoms with van der Waals surface area (Å²) in [6.07, 6.45) is 5.90. The first-order chi connectivity index (χ1) is 15.9. The molecule has 0 aliphatic carbocycles. The normalized spacial score (nSPS) is 13.2. The summed E-state index contributed by atoms with van der Waals surface area (Å²) in [5, 5.41) is 17.1. The fraction of sp³-hybridized carbons (Fsp3) is 0.125. The molecular weight excluding hydrogens is 448 g/mol. The van der Waals surface area contributed by atoms with Gasteiger partial charge in [0.05, 0.1) is 6.54 Å². The first kappa shape index (κ1) is 22.5. The predicted molar refractivity (Wildman–Crippen MR) is 120 cm³/mol. The molecule has 2 heterocycles. The van der Waals surface area contributed by atoms with E-state index in [2.05, 4.69) is 10.1 Å². The van der Waals surface area contributed by atoms with Gasteiger partial charge < -0.3 is 9.84 Å². The van der Waals surface area contributed by atoms with Crippen molar-refractivity contribution in [2.24, 2.45) is 0 Å². The van der Waals surface area contributed by atoms with Gasteiger partial charge in [-0.15, -0.1) is 11.3 Å². The van der Waals surface area contributed by atoms with Gasteiger partial charge in [0.15, 0.2) is 5.78 Å². The molecule has 0 aliphatic rings. The van der Waals surface area contributed by atoms with Crippen molar-refractivity contribution in [3.8, 4) is 5.75 Å². The largest absolute Gasteiger partial charge is 0.490 e. The van der Waals surface area contributed by atoms with Crippen LogP contribution in [0.15, 0.2) is 78.7 Å². The van der Waals surface area contributed by atoms with E-state index < -0.39 is 17.2 Å². The third-order valence-corrected chi connectivity index (χ3v) is 5.72. The third-order valence-electron chi connectivity index (χ3n) is 4.88. The van der Waals surface area contributed by atoms with E-state index in [1.807, 2.05) is 17.5 Å². The van der Waals surface area contributed by atoms with Crippen LogP contribution in [0.4, 0.5) is 8.78 Å². The molecule has 6 nitrogen and oxygen atoms in total. The van der Waals surface area contributed by atoms with Gasteiger partial charge in [0.1, 0.15) is 42.2 Å². The summed E-state index contributed by atoms with van der Waals surface area (Å²) < 4.78 is 34.9. The molecular formula is C24H19F2N3O3S. The monoisotopic (exact) mass is 467 g/mol. The Kier molecular flexibility index (Phi) is 6.71. The van der Waals surface area contributed by atoms with E-state index in [0.717, 1.165) is 10.9 Å². The van der Waals surface area contributed by atoms with Crippen molar-refractivity contribution >= 4 is 23.2 Å². The Bertz CT molecular complexity index is 1240. The second-order valence-electron chi connectivity index (χ2n) is 7.27. The molecule has 0 saturated heterocycles. The fourth-order valence-electron chi connectivity index (χ4n) is 3.22. The average Bonchev–Trinajstić information content (AvgIpc) is 3.51. The highest BCUT2D eigenvalue weighted by molar-refractivity contribution is 7.10.